The quantitative estimate of drug-likeness (QED) is 0.897. The van der Waals surface area contributed by atoms with Crippen molar-refractivity contribution >= 4 is 5.91 Å². The molecule has 2 rings (SSSR count). The Kier molecular flexibility index (Phi) is 5.44. The maximum Gasteiger partial charge on any atom is 0.227 e. The van der Waals surface area contributed by atoms with Crippen molar-refractivity contribution < 1.29 is 14.3 Å². The van der Waals surface area contributed by atoms with Crippen molar-refractivity contribution in [2.45, 2.75) is 19.4 Å². The van der Waals surface area contributed by atoms with Gasteiger partial charge < -0.3 is 19.7 Å². The van der Waals surface area contributed by atoms with E-state index in [4.69, 9.17) is 9.47 Å². The molecule has 0 spiro atoms. The summed E-state index contributed by atoms with van der Waals surface area (Å²) in [6.45, 7) is 2.38. The Labute approximate surface area is 126 Å². The highest BCUT2D eigenvalue weighted by atomic mass is 16.5. The van der Waals surface area contributed by atoms with Gasteiger partial charge in [-0.2, -0.15) is 0 Å². The number of ether oxygens (including phenoxy) is 2. The number of piperidine rings is 1. The molecule has 5 nitrogen and oxygen atoms in total. The van der Waals surface area contributed by atoms with E-state index in [9.17, 15) is 4.79 Å². The van der Waals surface area contributed by atoms with E-state index in [2.05, 4.69) is 5.32 Å². The van der Waals surface area contributed by atoms with Crippen LogP contribution in [-0.2, 0) is 11.3 Å². The number of carbonyl (C=O) groups is 1. The van der Waals surface area contributed by atoms with Crippen molar-refractivity contribution in [2.24, 2.45) is 5.92 Å². The number of rotatable bonds is 5. The highest BCUT2D eigenvalue weighted by Gasteiger charge is 2.24. The van der Waals surface area contributed by atoms with Gasteiger partial charge in [0.05, 0.1) is 20.1 Å². The van der Waals surface area contributed by atoms with Crippen molar-refractivity contribution in [3.63, 3.8) is 0 Å². The predicted molar refractivity (Wildman–Crippen MR) is 81.6 cm³/mol. The molecule has 0 bridgehead atoms. The van der Waals surface area contributed by atoms with Crippen molar-refractivity contribution in [1.82, 2.24) is 10.2 Å². The fraction of sp³-hybridized carbons (Fsp3) is 0.562. The Morgan fingerprint density at radius 2 is 2.10 bits per heavy atom. The number of hydrogen-bond donors (Lipinski definition) is 1. The third kappa shape index (κ3) is 3.88. The summed E-state index contributed by atoms with van der Waals surface area (Å²) in [5.41, 5.74) is 1.03. The molecule has 1 aliphatic heterocycles. The Balaban J connectivity index is 2.01. The first-order valence-corrected chi connectivity index (χ1v) is 7.32. The molecule has 1 saturated heterocycles. The van der Waals surface area contributed by atoms with Gasteiger partial charge in [0.15, 0.2) is 11.5 Å². The third-order valence-electron chi connectivity index (χ3n) is 3.89. The third-order valence-corrected chi connectivity index (χ3v) is 3.89. The molecule has 1 fully saturated rings. The lowest BCUT2D eigenvalue weighted by atomic mass is 9.98. The fourth-order valence-electron chi connectivity index (χ4n) is 2.71. The van der Waals surface area contributed by atoms with Gasteiger partial charge >= 0.3 is 0 Å². The molecule has 1 amide bonds. The summed E-state index contributed by atoms with van der Waals surface area (Å²) in [5, 5.41) is 3.28. The maximum absolute atomic E-state index is 12.4. The van der Waals surface area contributed by atoms with Crippen LogP contribution in [0, 0.1) is 5.92 Å². The van der Waals surface area contributed by atoms with E-state index in [1.165, 1.54) is 0 Å². The Hall–Kier alpha value is -1.75. The van der Waals surface area contributed by atoms with Gasteiger partial charge in [0.25, 0.3) is 0 Å². The molecule has 1 atom stereocenters. The van der Waals surface area contributed by atoms with Crippen molar-refractivity contribution in [3.8, 4) is 11.5 Å². The summed E-state index contributed by atoms with van der Waals surface area (Å²) in [7, 11) is 5.08. The number of carbonyl (C=O) groups excluding carboxylic acids is 1. The lowest BCUT2D eigenvalue weighted by Gasteiger charge is -2.27. The monoisotopic (exact) mass is 292 g/mol. The summed E-state index contributed by atoms with van der Waals surface area (Å²) in [6.07, 6.45) is 2.04. The molecule has 0 aromatic heterocycles. The number of nitrogens with one attached hydrogen (secondary N) is 1. The molecule has 0 aliphatic carbocycles. The zero-order chi connectivity index (χ0) is 15.2. The number of nitrogens with zero attached hydrogens (tertiary/aromatic N) is 1. The van der Waals surface area contributed by atoms with E-state index in [0.29, 0.717) is 18.0 Å². The molecule has 5 heteroatoms. The van der Waals surface area contributed by atoms with E-state index in [0.717, 1.165) is 31.5 Å². The molecule has 1 unspecified atom stereocenters. The maximum atomic E-state index is 12.4. The van der Waals surface area contributed by atoms with Gasteiger partial charge in [-0.3, -0.25) is 4.79 Å². The number of hydrogen-bond acceptors (Lipinski definition) is 4. The first-order valence-electron chi connectivity index (χ1n) is 7.32. The lowest BCUT2D eigenvalue weighted by Crippen LogP contribution is -2.41. The van der Waals surface area contributed by atoms with Crippen LogP contribution in [0.25, 0.3) is 0 Å². The van der Waals surface area contributed by atoms with Crippen molar-refractivity contribution in [3.05, 3.63) is 23.8 Å². The second-order valence-corrected chi connectivity index (χ2v) is 5.43. The smallest absolute Gasteiger partial charge is 0.227 e. The normalized spacial score (nSPS) is 18.1. The van der Waals surface area contributed by atoms with Crippen LogP contribution in [0.15, 0.2) is 18.2 Å². The van der Waals surface area contributed by atoms with E-state index < -0.39 is 0 Å². The molecule has 1 heterocycles. The van der Waals surface area contributed by atoms with E-state index in [1.54, 1.807) is 19.1 Å². The zero-order valence-electron chi connectivity index (χ0n) is 13.0. The molecule has 1 aromatic carbocycles. The highest BCUT2D eigenvalue weighted by Crippen LogP contribution is 2.28. The van der Waals surface area contributed by atoms with Gasteiger partial charge in [-0.15, -0.1) is 0 Å². The van der Waals surface area contributed by atoms with E-state index in [-0.39, 0.29) is 11.8 Å². The van der Waals surface area contributed by atoms with Crippen molar-refractivity contribution in [2.75, 3.05) is 34.4 Å². The van der Waals surface area contributed by atoms with Crippen LogP contribution in [0.3, 0.4) is 0 Å². The Morgan fingerprint density at radius 3 is 2.71 bits per heavy atom. The standard InChI is InChI=1S/C16H24N2O3/c1-18(16(19)13-5-4-8-17-10-13)11-12-6-7-14(20-2)15(9-12)21-3/h6-7,9,13,17H,4-5,8,10-11H2,1-3H3. The molecule has 1 aromatic rings. The minimum atomic E-state index is 0.101. The minimum absolute atomic E-state index is 0.101. The minimum Gasteiger partial charge on any atom is -0.493 e. The molecule has 0 saturated carbocycles. The van der Waals surface area contributed by atoms with E-state index in [1.807, 2.05) is 25.2 Å². The largest absolute Gasteiger partial charge is 0.493 e. The molecule has 21 heavy (non-hydrogen) atoms. The molecule has 116 valence electrons. The predicted octanol–water partition coefficient (Wildman–Crippen LogP) is 1.66. The van der Waals surface area contributed by atoms with Gasteiger partial charge in [-0.25, -0.2) is 0 Å². The van der Waals surface area contributed by atoms with Gasteiger partial charge in [-0.1, -0.05) is 6.07 Å². The van der Waals surface area contributed by atoms with Crippen molar-refractivity contribution in [1.29, 1.82) is 0 Å². The summed E-state index contributed by atoms with van der Waals surface area (Å²) in [4.78, 5) is 14.2. The second kappa shape index (κ2) is 7.31. The average Bonchev–Trinajstić information content (AvgIpc) is 2.54. The average molecular weight is 292 g/mol. The molecule has 1 N–H and O–H groups in total. The van der Waals surface area contributed by atoms with Crippen LogP contribution in [0.4, 0.5) is 0 Å². The number of benzene rings is 1. The van der Waals surface area contributed by atoms with Crippen LogP contribution in [0.5, 0.6) is 11.5 Å². The first kappa shape index (κ1) is 15.6. The Morgan fingerprint density at radius 1 is 1.33 bits per heavy atom. The molecule has 1 aliphatic rings. The SMILES string of the molecule is COc1ccc(CN(C)C(=O)C2CCCNC2)cc1OC. The fourth-order valence-corrected chi connectivity index (χ4v) is 2.71. The zero-order valence-corrected chi connectivity index (χ0v) is 13.0. The molecular weight excluding hydrogens is 268 g/mol. The number of amides is 1. The summed E-state index contributed by atoms with van der Waals surface area (Å²) in [5.74, 6) is 1.70. The topological polar surface area (TPSA) is 50.8 Å². The van der Waals surface area contributed by atoms with Gasteiger partial charge in [-0.05, 0) is 37.1 Å². The summed E-state index contributed by atoms with van der Waals surface area (Å²) < 4.78 is 10.5. The van der Waals surface area contributed by atoms with Gasteiger partial charge in [0.2, 0.25) is 5.91 Å². The summed E-state index contributed by atoms with van der Waals surface area (Å²) in [6, 6.07) is 5.75. The van der Waals surface area contributed by atoms with Gasteiger partial charge in [0, 0.05) is 20.1 Å². The Bertz CT molecular complexity index is 484. The molecule has 0 radical (unpaired) electrons. The van der Waals surface area contributed by atoms with Crippen LogP contribution in [0.2, 0.25) is 0 Å². The first-order chi connectivity index (χ1) is 10.2. The highest BCUT2D eigenvalue weighted by molar-refractivity contribution is 5.79. The van der Waals surface area contributed by atoms with Gasteiger partial charge in [0.1, 0.15) is 0 Å². The van der Waals surface area contributed by atoms with Crippen LogP contribution in [-0.4, -0.2) is 45.2 Å². The molecular formula is C16H24N2O3. The summed E-state index contributed by atoms with van der Waals surface area (Å²) >= 11 is 0. The van der Waals surface area contributed by atoms with E-state index >= 15 is 0 Å². The number of methoxy groups -OCH3 is 2. The lowest BCUT2D eigenvalue weighted by molar-refractivity contribution is -0.135. The van der Waals surface area contributed by atoms with Crippen LogP contribution < -0.4 is 14.8 Å². The van der Waals surface area contributed by atoms with Crippen LogP contribution >= 0.6 is 0 Å². The second-order valence-electron chi connectivity index (χ2n) is 5.43. The van der Waals surface area contributed by atoms with Crippen LogP contribution in [0.1, 0.15) is 18.4 Å².